The quantitative estimate of drug-likeness (QED) is 0.455. The molecular formula is C23H24N2O4. The number of allylic oxidation sites excluding steroid dienone is 1. The number of fused-ring (bicyclic) bond motifs is 1. The van der Waals surface area contributed by atoms with Crippen LogP contribution in [0, 0.1) is 0 Å². The van der Waals surface area contributed by atoms with E-state index in [1.54, 1.807) is 24.5 Å². The zero-order chi connectivity index (χ0) is 21.0. The third-order valence-corrected chi connectivity index (χ3v) is 4.88. The zero-order valence-corrected chi connectivity index (χ0v) is 16.8. The monoisotopic (exact) mass is 392 g/mol. The van der Waals surface area contributed by atoms with Gasteiger partial charge >= 0.3 is 5.63 Å². The first-order valence-corrected chi connectivity index (χ1v) is 9.61. The van der Waals surface area contributed by atoms with Gasteiger partial charge in [0.2, 0.25) is 0 Å². The molecule has 0 fully saturated rings. The molecule has 6 nitrogen and oxygen atoms in total. The summed E-state index contributed by atoms with van der Waals surface area (Å²) >= 11 is 0. The number of rotatable bonds is 7. The Morgan fingerprint density at radius 3 is 2.45 bits per heavy atom. The first-order valence-electron chi connectivity index (χ1n) is 9.61. The van der Waals surface area contributed by atoms with E-state index in [2.05, 4.69) is 18.7 Å². The first kappa shape index (κ1) is 20.3. The van der Waals surface area contributed by atoms with E-state index in [0.29, 0.717) is 11.1 Å². The molecule has 0 unspecified atom stereocenters. The molecule has 150 valence electrons. The largest absolute Gasteiger partial charge is 0.544 e. The number of anilines is 1. The maximum absolute atomic E-state index is 12.6. The maximum Gasteiger partial charge on any atom is 0.343 e. The molecule has 0 aliphatic rings. The van der Waals surface area contributed by atoms with Gasteiger partial charge < -0.3 is 19.2 Å². The maximum atomic E-state index is 12.6. The summed E-state index contributed by atoms with van der Waals surface area (Å²) in [4.78, 5) is 25.4. The minimum atomic E-state index is -1.15. The minimum Gasteiger partial charge on any atom is -0.544 e. The second-order valence-corrected chi connectivity index (χ2v) is 6.85. The molecule has 0 aliphatic carbocycles. The van der Waals surface area contributed by atoms with Crippen molar-refractivity contribution in [3.05, 3.63) is 70.3 Å². The lowest BCUT2D eigenvalue weighted by molar-refractivity contribution is -0.690. The van der Waals surface area contributed by atoms with Gasteiger partial charge in [-0.15, -0.1) is 0 Å². The Morgan fingerprint density at radius 2 is 1.83 bits per heavy atom. The van der Waals surface area contributed by atoms with E-state index in [1.807, 2.05) is 37.3 Å². The Balaban J connectivity index is 1.93. The molecule has 2 aromatic heterocycles. The molecule has 0 spiro atoms. The van der Waals surface area contributed by atoms with E-state index in [9.17, 15) is 14.7 Å². The minimum absolute atomic E-state index is 0.202. The fraction of sp³-hybridized carbons (Fsp3) is 0.261. The Labute approximate surface area is 169 Å². The number of hydrogen-bond donors (Lipinski definition) is 0. The second-order valence-electron chi connectivity index (χ2n) is 6.85. The summed E-state index contributed by atoms with van der Waals surface area (Å²) in [5, 5.41) is 11.5. The van der Waals surface area contributed by atoms with Crippen LogP contribution in [0.5, 0.6) is 0 Å². The Kier molecular flexibility index (Phi) is 6.12. The summed E-state index contributed by atoms with van der Waals surface area (Å²) in [6, 6.07) is 11.3. The molecule has 3 rings (SSSR count). The molecule has 3 aromatic rings. The molecule has 1 aromatic carbocycles. The van der Waals surface area contributed by atoms with E-state index in [0.717, 1.165) is 35.3 Å². The summed E-state index contributed by atoms with van der Waals surface area (Å²) in [7, 11) is 0. The Morgan fingerprint density at radius 1 is 1.14 bits per heavy atom. The van der Waals surface area contributed by atoms with Crippen molar-refractivity contribution in [2.45, 2.75) is 27.3 Å². The SMILES string of the molecule is CCN(CC)c1ccc2cc(/C(C)=C/c3cc[n+](CC(=O)[O-])cc3)c(=O)oc2c1. The van der Waals surface area contributed by atoms with E-state index in [4.69, 9.17) is 4.42 Å². The van der Waals surface area contributed by atoms with Crippen LogP contribution in [-0.4, -0.2) is 19.1 Å². The summed E-state index contributed by atoms with van der Waals surface area (Å²) in [5.74, 6) is -1.15. The zero-order valence-electron chi connectivity index (χ0n) is 16.8. The van der Waals surface area contributed by atoms with Crippen molar-refractivity contribution in [1.29, 1.82) is 0 Å². The number of carbonyl (C=O) groups excluding carboxylic acids is 1. The summed E-state index contributed by atoms with van der Waals surface area (Å²) in [6.45, 7) is 7.59. The number of nitrogens with zero attached hydrogens (tertiary/aromatic N) is 2. The summed E-state index contributed by atoms with van der Waals surface area (Å²) in [5.41, 5.74) is 3.34. The lowest BCUT2D eigenvalue weighted by atomic mass is 10.0. The molecule has 0 atom stereocenters. The number of carbonyl (C=O) groups is 1. The number of carboxylic acid groups (broad SMARTS) is 1. The highest BCUT2D eigenvalue weighted by Gasteiger charge is 2.10. The molecule has 0 saturated carbocycles. The van der Waals surface area contributed by atoms with Crippen LogP contribution in [0.2, 0.25) is 0 Å². The van der Waals surface area contributed by atoms with Crippen LogP contribution in [0.15, 0.2) is 58.0 Å². The van der Waals surface area contributed by atoms with Gasteiger partial charge in [-0.1, -0.05) is 6.08 Å². The normalized spacial score (nSPS) is 11.6. The van der Waals surface area contributed by atoms with Gasteiger partial charge in [-0.05, 0) is 50.1 Å². The molecule has 0 aliphatic heterocycles. The lowest BCUT2D eigenvalue weighted by Crippen LogP contribution is -2.43. The average Bonchev–Trinajstić information content (AvgIpc) is 2.69. The van der Waals surface area contributed by atoms with Gasteiger partial charge in [-0.2, -0.15) is 4.57 Å². The molecule has 6 heteroatoms. The van der Waals surface area contributed by atoms with Crippen molar-refractivity contribution in [3.8, 4) is 0 Å². The van der Waals surface area contributed by atoms with Crippen molar-refractivity contribution in [1.82, 2.24) is 0 Å². The van der Waals surface area contributed by atoms with E-state index in [-0.39, 0.29) is 12.2 Å². The standard InChI is InChI=1S/C23H24N2O4/c1-4-25(5-2)19-7-6-18-13-20(23(28)29-21(18)14-19)16(3)12-17-8-10-24(11-9-17)15-22(26)27/h6-14H,4-5,15H2,1-3H3. The Hall–Kier alpha value is -3.41. The molecule has 0 amide bonds. The summed E-state index contributed by atoms with van der Waals surface area (Å²) in [6.07, 6.45) is 5.19. The molecule has 2 heterocycles. The molecule has 0 radical (unpaired) electrons. The predicted octanol–water partition coefficient (Wildman–Crippen LogP) is 2.24. The van der Waals surface area contributed by atoms with Gasteiger partial charge in [0.25, 0.3) is 0 Å². The summed E-state index contributed by atoms with van der Waals surface area (Å²) < 4.78 is 7.11. The molecule has 0 bridgehead atoms. The van der Waals surface area contributed by atoms with Crippen molar-refractivity contribution >= 4 is 34.3 Å². The van der Waals surface area contributed by atoms with Gasteiger partial charge in [0, 0.05) is 42.4 Å². The van der Waals surface area contributed by atoms with Crippen LogP contribution >= 0.6 is 0 Å². The first-order chi connectivity index (χ1) is 13.9. The lowest BCUT2D eigenvalue weighted by Gasteiger charge is -2.21. The molecular weight excluding hydrogens is 368 g/mol. The highest BCUT2D eigenvalue weighted by atomic mass is 16.4. The van der Waals surface area contributed by atoms with Gasteiger partial charge in [-0.25, -0.2) is 4.79 Å². The average molecular weight is 392 g/mol. The van der Waals surface area contributed by atoms with Crippen LogP contribution in [0.3, 0.4) is 0 Å². The number of pyridine rings is 1. The number of benzene rings is 1. The van der Waals surface area contributed by atoms with E-state index < -0.39 is 5.97 Å². The van der Waals surface area contributed by atoms with Crippen molar-refractivity contribution in [2.75, 3.05) is 18.0 Å². The van der Waals surface area contributed by atoms with Crippen LogP contribution in [0.4, 0.5) is 5.69 Å². The van der Waals surface area contributed by atoms with Crippen LogP contribution in [0.1, 0.15) is 31.9 Å². The van der Waals surface area contributed by atoms with Crippen molar-refractivity contribution < 1.29 is 18.9 Å². The van der Waals surface area contributed by atoms with E-state index in [1.165, 1.54) is 4.57 Å². The second kappa shape index (κ2) is 8.73. The highest BCUT2D eigenvalue weighted by molar-refractivity contribution is 5.86. The van der Waals surface area contributed by atoms with Crippen LogP contribution < -0.4 is 20.2 Å². The van der Waals surface area contributed by atoms with Crippen LogP contribution in [-0.2, 0) is 11.3 Å². The highest BCUT2D eigenvalue weighted by Crippen LogP contribution is 2.24. The Bertz CT molecular complexity index is 1110. The fourth-order valence-corrected chi connectivity index (χ4v) is 3.31. The van der Waals surface area contributed by atoms with Gasteiger partial charge in [0.1, 0.15) is 11.6 Å². The van der Waals surface area contributed by atoms with E-state index >= 15 is 0 Å². The third-order valence-electron chi connectivity index (χ3n) is 4.88. The smallest absolute Gasteiger partial charge is 0.343 e. The van der Waals surface area contributed by atoms with Crippen molar-refractivity contribution in [3.63, 3.8) is 0 Å². The number of aliphatic carboxylic acids is 1. The third kappa shape index (κ3) is 4.71. The van der Waals surface area contributed by atoms with Gasteiger partial charge in [0.05, 0.1) is 5.56 Å². The number of hydrogen-bond acceptors (Lipinski definition) is 5. The molecule has 29 heavy (non-hydrogen) atoms. The van der Waals surface area contributed by atoms with Crippen molar-refractivity contribution in [2.24, 2.45) is 0 Å². The predicted molar refractivity (Wildman–Crippen MR) is 111 cm³/mol. The topological polar surface area (TPSA) is 77.5 Å². The molecule has 0 N–H and O–H groups in total. The number of carboxylic acids is 1. The van der Waals surface area contributed by atoms with Crippen LogP contribution in [0.25, 0.3) is 22.6 Å². The number of aromatic nitrogens is 1. The fourth-order valence-electron chi connectivity index (χ4n) is 3.31. The molecule has 0 saturated heterocycles. The van der Waals surface area contributed by atoms with Gasteiger partial charge in [-0.3, -0.25) is 0 Å². The van der Waals surface area contributed by atoms with Gasteiger partial charge in [0.15, 0.2) is 18.9 Å².